The number of imidazole rings is 1. The van der Waals surface area contributed by atoms with E-state index in [4.69, 9.17) is 4.98 Å². The van der Waals surface area contributed by atoms with E-state index < -0.39 is 0 Å². The first-order valence-electron chi connectivity index (χ1n) is 10.9. The van der Waals surface area contributed by atoms with Crippen LogP contribution in [0.3, 0.4) is 0 Å². The first kappa shape index (κ1) is 20.9. The lowest BCUT2D eigenvalue weighted by atomic mass is 10.0. The molecule has 4 aromatic heterocycles. The largest absolute Gasteiger partial charge is 0.372 e. The van der Waals surface area contributed by atoms with Gasteiger partial charge in [0.1, 0.15) is 16.9 Å². The normalized spacial score (nSPS) is 12.7. The third-order valence-electron chi connectivity index (χ3n) is 5.96. The van der Waals surface area contributed by atoms with Crippen LogP contribution < -0.4 is 10.9 Å². The third-order valence-corrected chi connectivity index (χ3v) is 5.96. The minimum atomic E-state index is -0.231. The van der Waals surface area contributed by atoms with Crippen molar-refractivity contribution in [1.82, 2.24) is 34.3 Å². The van der Waals surface area contributed by atoms with Gasteiger partial charge >= 0.3 is 0 Å². The van der Waals surface area contributed by atoms with E-state index in [0.29, 0.717) is 33.9 Å². The molecule has 2 N–H and O–H groups in total. The minimum absolute atomic E-state index is 0.154. The van der Waals surface area contributed by atoms with Gasteiger partial charge < -0.3 is 14.9 Å². The summed E-state index contributed by atoms with van der Waals surface area (Å²) in [5.74, 6) is 1.39. The van der Waals surface area contributed by atoms with Crippen molar-refractivity contribution in [3.63, 3.8) is 0 Å². The Kier molecular flexibility index (Phi) is 4.96. The molecule has 0 aliphatic heterocycles. The minimum Gasteiger partial charge on any atom is -0.372 e. The Bertz CT molecular complexity index is 1530. The number of rotatable bonds is 5. The van der Waals surface area contributed by atoms with Crippen LogP contribution in [-0.4, -0.2) is 34.3 Å². The molecule has 33 heavy (non-hydrogen) atoms. The zero-order valence-corrected chi connectivity index (χ0v) is 19.3. The maximum Gasteiger partial charge on any atom is 0.261 e. The van der Waals surface area contributed by atoms with E-state index in [1.807, 2.05) is 43.8 Å². The number of aryl methyl sites for hydroxylation is 3. The maximum absolute atomic E-state index is 13.4. The zero-order chi connectivity index (χ0) is 23.3. The molecule has 168 valence electrons. The summed E-state index contributed by atoms with van der Waals surface area (Å²) in [6, 6.07) is 7.59. The van der Waals surface area contributed by atoms with Crippen molar-refractivity contribution in [3.8, 4) is 11.4 Å². The number of nitrogens with one attached hydrogen (secondary N) is 2. The van der Waals surface area contributed by atoms with Crippen molar-refractivity contribution in [2.24, 2.45) is 20.0 Å². The molecule has 9 heteroatoms. The van der Waals surface area contributed by atoms with E-state index in [-0.39, 0.29) is 17.5 Å². The Labute approximate surface area is 190 Å². The summed E-state index contributed by atoms with van der Waals surface area (Å²) in [6.07, 6.45) is 5.25. The van der Waals surface area contributed by atoms with E-state index in [2.05, 4.69) is 39.2 Å². The van der Waals surface area contributed by atoms with Gasteiger partial charge in [0.25, 0.3) is 5.56 Å². The van der Waals surface area contributed by atoms with Crippen LogP contribution in [0.4, 0.5) is 5.69 Å². The summed E-state index contributed by atoms with van der Waals surface area (Å²) in [5.41, 5.74) is 5.04. The standard InChI is InChI=1S/C24H26N8O/c1-13(2)18(22-25-10-7-11-26-22)28-21-17(24(33)27-15-12-31(4)30-20(15)21)23-29-19-14(3)8-6-9-16(19)32(23)5/h6-13,18,28H,1-5H3,(H,27,33). The lowest BCUT2D eigenvalue weighted by molar-refractivity contribution is 0.521. The van der Waals surface area contributed by atoms with Gasteiger partial charge in [0.2, 0.25) is 0 Å². The van der Waals surface area contributed by atoms with Gasteiger partial charge in [-0.25, -0.2) is 15.0 Å². The Morgan fingerprint density at radius 2 is 1.82 bits per heavy atom. The molecule has 0 radical (unpaired) electrons. The molecular weight excluding hydrogens is 416 g/mol. The number of anilines is 1. The van der Waals surface area contributed by atoms with Crippen molar-refractivity contribution in [2.45, 2.75) is 26.8 Å². The first-order chi connectivity index (χ1) is 15.8. The second-order valence-corrected chi connectivity index (χ2v) is 8.68. The SMILES string of the molecule is Cc1cccc2c1nc(-c1c(NC(c3ncccn3)C(C)C)c3nn(C)cc3[nH]c1=O)n2C. The van der Waals surface area contributed by atoms with Gasteiger partial charge in [0.05, 0.1) is 28.3 Å². The molecule has 9 nitrogen and oxygen atoms in total. The monoisotopic (exact) mass is 442 g/mol. The fraction of sp³-hybridized carbons (Fsp3) is 0.292. The van der Waals surface area contributed by atoms with Gasteiger partial charge in [-0.2, -0.15) is 5.10 Å². The second-order valence-electron chi connectivity index (χ2n) is 8.68. The summed E-state index contributed by atoms with van der Waals surface area (Å²) in [6.45, 7) is 6.20. The summed E-state index contributed by atoms with van der Waals surface area (Å²) < 4.78 is 3.65. The average molecular weight is 443 g/mol. The third kappa shape index (κ3) is 3.45. The molecule has 1 atom stereocenters. The van der Waals surface area contributed by atoms with Crippen LogP contribution in [0.25, 0.3) is 33.5 Å². The first-order valence-corrected chi connectivity index (χ1v) is 10.9. The Morgan fingerprint density at radius 1 is 1.06 bits per heavy atom. The van der Waals surface area contributed by atoms with Crippen molar-refractivity contribution in [3.05, 3.63) is 64.6 Å². The molecule has 0 saturated heterocycles. The second kappa shape index (κ2) is 7.84. The Morgan fingerprint density at radius 3 is 2.52 bits per heavy atom. The van der Waals surface area contributed by atoms with Crippen LogP contribution >= 0.6 is 0 Å². The number of hydrogen-bond acceptors (Lipinski definition) is 6. The highest BCUT2D eigenvalue weighted by atomic mass is 16.1. The summed E-state index contributed by atoms with van der Waals surface area (Å²) in [4.78, 5) is 30.2. The van der Waals surface area contributed by atoms with Crippen LogP contribution in [0.5, 0.6) is 0 Å². The molecular formula is C24H26N8O. The van der Waals surface area contributed by atoms with Gasteiger partial charge in [-0.15, -0.1) is 0 Å². The van der Waals surface area contributed by atoms with E-state index in [1.54, 1.807) is 29.3 Å². The topological polar surface area (TPSA) is 106 Å². The van der Waals surface area contributed by atoms with Crippen LogP contribution in [0.2, 0.25) is 0 Å². The maximum atomic E-state index is 13.4. The number of hydrogen-bond donors (Lipinski definition) is 2. The fourth-order valence-corrected chi connectivity index (χ4v) is 4.27. The number of H-pyrrole nitrogens is 1. The molecule has 1 aromatic carbocycles. The van der Waals surface area contributed by atoms with Gasteiger partial charge in [0.15, 0.2) is 5.82 Å². The molecule has 0 spiro atoms. The van der Waals surface area contributed by atoms with Crippen LogP contribution in [0, 0.1) is 12.8 Å². The van der Waals surface area contributed by atoms with E-state index in [9.17, 15) is 4.79 Å². The highest BCUT2D eigenvalue weighted by Crippen LogP contribution is 2.35. The number of fused-ring (bicyclic) bond motifs is 2. The number of benzene rings is 1. The molecule has 4 heterocycles. The van der Waals surface area contributed by atoms with E-state index in [0.717, 1.165) is 16.6 Å². The molecule has 1 unspecified atom stereocenters. The lowest BCUT2D eigenvalue weighted by Crippen LogP contribution is -2.23. The Hall–Kier alpha value is -4.01. The molecule has 0 bridgehead atoms. The van der Waals surface area contributed by atoms with Gasteiger partial charge in [-0.1, -0.05) is 26.0 Å². The Balaban J connectivity index is 1.80. The number of para-hydroxylation sites is 1. The average Bonchev–Trinajstić information content (AvgIpc) is 3.32. The lowest BCUT2D eigenvalue weighted by Gasteiger charge is -2.23. The number of pyridine rings is 1. The van der Waals surface area contributed by atoms with Crippen molar-refractivity contribution in [2.75, 3.05) is 5.32 Å². The molecule has 5 aromatic rings. The smallest absolute Gasteiger partial charge is 0.261 e. The fourth-order valence-electron chi connectivity index (χ4n) is 4.27. The van der Waals surface area contributed by atoms with Crippen molar-refractivity contribution >= 4 is 27.8 Å². The summed E-state index contributed by atoms with van der Waals surface area (Å²) in [5, 5.41) is 8.22. The van der Waals surface area contributed by atoms with Gasteiger partial charge in [-0.3, -0.25) is 9.48 Å². The van der Waals surface area contributed by atoms with E-state index in [1.165, 1.54) is 0 Å². The van der Waals surface area contributed by atoms with Crippen molar-refractivity contribution in [1.29, 1.82) is 0 Å². The van der Waals surface area contributed by atoms with E-state index >= 15 is 0 Å². The molecule has 0 amide bonds. The predicted molar refractivity (Wildman–Crippen MR) is 129 cm³/mol. The molecule has 0 saturated carbocycles. The molecule has 5 rings (SSSR count). The summed E-state index contributed by atoms with van der Waals surface area (Å²) in [7, 11) is 3.76. The number of nitrogens with zero attached hydrogens (tertiary/aromatic N) is 6. The van der Waals surface area contributed by atoms with Crippen molar-refractivity contribution < 1.29 is 0 Å². The van der Waals surface area contributed by atoms with Crippen LogP contribution in [0.15, 0.2) is 47.7 Å². The van der Waals surface area contributed by atoms with Crippen LogP contribution in [-0.2, 0) is 14.1 Å². The van der Waals surface area contributed by atoms with Gasteiger partial charge in [0, 0.05) is 32.7 Å². The quantitative estimate of drug-likeness (QED) is 0.430. The number of aromatic nitrogens is 7. The highest BCUT2D eigenvalue weighted by molar-refractivity contribution is 5.97. The number of aromatic amines is 1. The molecule has 0 aliphatic carbocycles. The summed E-state index contributed by atoms with van der Waals surface area (Å²) >= 11 is 0. The van der Waals surface area contributed by atoms with Crippen LogP contribution in [0.1, 0.15) is 31.3 Å². The zero-order valence-electron chi connectivity index (χ0n) is 19.3. The predicted octanol–water partition coefficient (Wildman–Crippen LogP) is 3.72. The molecule has 0 aliphatic rings. The highest BCUT2D eigenvalue weighted by Gasteiger charge is 2.26. The van der Waals surface area contributed by atoms with Gasteiger partial charge in [-0.05, 0) is 30.5 Å². The molecule has 0 fully saturated rings.